The van der Waals surface area contributed by atoms with Gasteiger partial charge in [-0.1, -0.05) is 29.8 Å². The molecule has 1 atom stereocenters. The topological polar surface area (TPSA) is 81.5 Å². The summed E-state index contributed by atoms with van der Waals surface area (Å²) in [4.78, 5) is 22.8. The first-order valence-corrected chi connectivity index (χ1v) is 8.76. The molecule has 0 unspecified atom stereocenters. The van der Waals surface area contributed by atoms with Gasteiger partial charge in [0.25, 0.3) is 5.69 Å². The first kappa shape index (κ1) is 18.6. The molecular formula is C21H22N2O4. The van der Waals surface area contributed by atoms with E-state index in [-0.39, 0.29) is 23.2 Å². The number of nitro benzene ring substituents is 1. The summed E-state index contributed by atoms with van der Waals surface area (Å²) in [5.74, 6) is 0.529. The highest BCUT2D eigenvalue weighted by molar-refractivity contribution is 5.92. The zero-order chi connectivity index (χ0) is 19.6. The van der Waals surface area contributed by atoms with Gasteiger partial charge in [-0.05, 0) is 38.5 Å². The van der Waals surface area contributed by atoms with Crippen LogP contribution in [0.4, 0.5) is 5.69 Å². The van der Waals surface area contributed by atoms with Crippen LogP contribution in [0.2, 0.25) is 0 Å². The van der Waals surface area contributed by atoms with Gasteiger partial charge in [0.15, 0.2) is 0 Å². The molecule has 3 rings (SSSR count). The van der Waals surface area contributed by atoms with Crippen LogP contribution in [-0.2, 0) is 4.79 Å². The third-order valence-corrected chi connectivity index (χ3v) is 4.45. The Bertz CT molecular complexity index is 918. The van der Waals surface area contributed by atoms with Crippen LogP contribution in [0.25, 0.3) is 6.08 Å². The number of non-ortho nitro benzene ring substituents is 1. The molecule has 0 aliphatic carbocycles. The second-order valence-corrected chi connectivity index (χ2v) is 7.35. The Balaban J connectivity index is 1.77. The van der Waals surface area contributed by atoms with Crippen LogP contribution in [0.3, 0.4) is 0 Å². The van der Waals surface area contributed by atoms with E-state index in [1.54, 1.807) is 18.2 Å². The van der Waals surface area contributed by atoms with Gasteiger partial charge in [0, 0.05) is 30.2 Å². The molecule has 0 saturated carbocycles. The zero-order valence-electron chi connectivity index (χ0n) is 15.6. The summed E-state index contributed by atoms with van der Waals surface area (Å²) in [7, 11) is 0. The fourth-order valence-electron chi connectivity index (χ4n) is 3.24. The van der Waals surface area contributed by atoms with E-state index in [1.165, 1.54) is 18.2 Å². The minimum atomic E-state index is -0.458. The summed E-state index contributed by atoms with van der Waals surface area (Å²) in [5.41, 5.74) is 2.27. The molecule has 27 heavy (non-hydrogen) atoms. The second-order valence-electron chi connectivity index (χ2n) is 7.35. The van der Waals surface area contributed by atoms with E-state index >= 15 is 0 Å². The van der Waals surface area contributed by atoms with Crippen molar-refractivity contribution in [2.75, 3.05) is 0 Å². The van der Waals surface area contributed by atoms with Gasteiger partial charge >= 0.3 is 0 Å². The van der Waals surface area contributed by atoms with Gasteiger partial charge in [-0.15, -0.1) is 0 Å². The van der Waals surface area contributed by atoms with E-state index in [2.05, 4.69) is 5.32 Å². The monoisotopic (exact) mass is 366 g/mol. The lowest BCUT2D eigenvalue weighted by Gasteiger charge is -2.38. The van der Waals surface area contributed by atoms with E-state index in [4.69, 9.17) is 4.74 Å². The number of hydrogen-bond acceptors (Lipinski definition) is 4. The minimum absolute atomic E-state index is 0.00635. The molecule has 140 valence electrons. The lowest BCUT2D eigenvalue weighted by Crippen LogP contribution is -2.41. The molecule has 0 fully saturated rings. The van der Waals surface area contributed by atoms with Crippen LogP contribution >= 0.6 is 0 Å². The molecule has 2 aromatic rings. The number of nitrogens with one attached hydrogen (secondary N) is 1. The van der Waals surface area contributed by atoms with E-state index in [0.29, 0.717) is 12.0 Å². The van der Waals surface area contributed by atoms with E-state index in [9.17, 15) is 14.9 Å². The summed E-state index contributed by atoms with van der Waals surface area (Å²) in [6, 6.07) is 11.9. The number of benzene rings is 2. The van der Waals surface area contributed by atoms with Crippen molar-refractivity contribution in [3.63, 3.8) is 0 Å². The van der Waals surface area contributed by atoms with E-state index < -0.39 is 4.92 Å². The first-order valence-electron chi connectivity index (χ1n) is 8.76. The van der Waals surface area contributed by atoms with Gasteiger partial charge in [0.1, 0.15) is 11.4 Å². The Morgan fingerprint density at radius 3 is 2.81 bits per heavy atom. The number of fused-ring (bicyclic) bond motifs is 1. The van der Waals surface area contributed by atoms with Crippen molar-refractivity contribution >= 4 is 17.7 Å². The van der Waals surface area contributed by atoms with Crippen molar-refractivity contribution in [3.8, 4) is 5.75 Å². The minimum Gasteiger partial charge on any atom is -0.487 e. The van der Waals surface area contributed by atoms with Crippen molar-refractivity contribution in [1.29, 1.82) is 0 Å². The van der Waals surface area contributed by atoms with E-state index in [1.807, 2.05) is 39.0 Å². The van der Waals surface area contributed by atoms with Crippen molar-refractivity contribution < 1.29 is 14.5 Å². The number of nitro groups is 1. The molecule has 6 nitrogen and oxygen atoms in total. The number of ether oxygens (including phenoxy) is 1. The molecule has 0 radical (unpaired) electrons. The SMILES string of the molecule is Cc1ccc2c(c1)[C@H](NC(=O)/C=C/c1cccc([N+](=O)[O-])c1)CC(C)(C)O2. The number of carbonyl (C=O) groups is 1. The van der Waals surface area contributed by atoms with E-state index in [0.717, 1.165) is 16.9 Å². The number of rotatable bonds is 4. The van der Waals surface area contributed by atoms with Crippen molar-refractivity contribution in [3.05, 3.63) is 75.3 Å². The van der Waals surface area contributed by atoms with Crippen molar-refractivity contribution in [2.45, 2.75) is 38.8 Å². The summed E-state index contributed by atoms with van der Waals surface area (Å²) in [5, 5.41) is 13.9. The Morgan fingerprint density at radius 2 is 2.07 bits per heavy atom. The van der Waals surface area contributed by atoms with Gasteiger partial charge in [0.05, 0.1) is 11.0 Å². The van der Waals surface area contributed by atoms with Gasteiger partial charge in [-0.25, -0.2) is 0 Å². The first-order chi connectivity index (χ1) is 12.7. The average molecular weight is 366 g/mol. The van der Waals surface area contributed by atoms with Crippen LogP contribution < -0.4 is 10.1 Å². The highest BCUT2D eigenvalue weighted by Crippen LogP contribution is 2.39. The molecule has 0 saturated heterocycles. The Labute approximate surface area is 158 Å². The number of aryl methyl sites for hydroxylation is 1. The predicted molar refractivity (Wildman–Crippen MR) is 104 cm³/mol. The predicted octanol–water partition coefficient (Wildman–Crippen LogP) is 4.34. The fourth-order valence-corrected chi connectivity index (χ4v) is 3.24. The van der Waals surface area contributed by atoms with Crippen molar-refractivity contribution in [2.24, 2.45) is 0 Å². The van der Waals surface area contributed by atoms with Gasteiger partial charge in [-0.3, -0.25) is 14.9 Å². The highest BCUT2D eigenvalue weighted by Gasteiger charge is 2.34. The molecule has 1 aliphatic rings. The van der Waals surface area contributed by atoms with Gasteiger partial charge in [-0.2, -0.15) is 0 Å². The fraction of sp³-hybridized carbons (Fsp3) is 0.286. The largest absolute Gasteiger partial charge is 0.487 e. The number of hydrogen-bond donors (Lipinski definition) is 1. The molecule has 0 aromatic heterocycles. The van der Waals surface area contributed by atoms with Crippen LogP contribution in [-0.4, -0.2) is 16.4 Å². The molecule has 1 heterocycles. The summed E-state index contributed by atoms with van der Waals surface area (Å²) >= 11 is 0. The summed E-state index contributed by atoms with van der Waals surface area (Å²) in [6.07, 6.45) is 3.63. The molecule has 6 heteroatoms. The standard InChI is InChI=1S/C21H22N2O4/c1-14-7-9-19-17(11-14)18(13-21(2,3)27-19)22-20(24)10-8-15-5-4-6-16(12-15)23(25)26/h4-12,18H,13H2,1-3H3,(H,22,24)/b10-8+/t18-/m1/s1. The molecule has 0 spiro atoms. The lowest BCUT2D eigenvalue weighted by molar-refractivity contribution is -0.384. The molecular weight excluding hydrogens is 344 g/mol. The Kier molecular flexibility index (Phi) is 4.99. The maximum Gasteiger partial charge on any atom is 0.270 e. The average Bonchev–Trinajstić information content (AvgIpc) is 2.60. The van der Waals surface area contributed by atoms with Gasteiger partial charge in [0.2, 0.25) is 5.91 Å². The quantitative estimate of drug-likeness (QED) is 0.496. The summed E-state index contributed by atoms with van der Waals surface area (Å²) < 4.78 is 6.02. The van der Waals surface area contributed by atoms with Crippen LogP contribution in [0, 0.1) is 17.0 Å². The zero-order valence-corrected chi connectivity index (χ0v) is 15.6. The highest BCUT2D eigenvalue weighted by atomic mass is 16.6. The lowest BCUT2D eigenvalue weighted by atomic mass is 9.89. The molecule has 1 N–H and O–H groups in total. The molecule has 0 bridgehead atoms. The molecule has 1 aliphatic heterocycles. The van der Waals surface area contributed by atoms with Crippen LogP contribution in [0.15, 0.2) is 48.5 Å². The maximum atomic E-state index is 12.4. The maximum absolute atomic E-state index is 12.4. The molecule has 2 aromatic carbocycles. The van der Waals surface area contributed by atoms with Crippen molar-refractivity contribution in [1.82, 2.24) is 5.32 Å². The summed E-state index contributed by atoms with van der Waals surface area (Å²) in [6.45, 7) is 5.99. The number of nitrogens with zero attached hydrogens (tertiary/aromatic N) is 1. The molecule has 1 amide bonds. The smallest absolute Gasteiger partial charge is 0.270 e. The number of carbonyl (C=O) groups excluding carboxylic acids is 1. The van der Waals surface area contributed by atoms with Gasteiger partial charge < -0.3 is 10.1 Å². The number of amides is 1. The third kappa shape index (κ3) is 4.53. The van der Waals surface area contributed by atoms with Crippen LogP contribution in [0.1, 0.15) is 43.0 Å². The van der Waals surface area contributed by atoms with Crippen LogP contribution in [0.5, 0.6) is 5.75 Å². The third-order valence-electron chi connectivity index (χ3n) is 4.45. The Hall–Kier alpha value is -3.15. The second kappa shape index (κ2) is 7.23. The normalized spacial score (nSPS) is 17.8. The Morgan fingerprint density at radius 1 is 1.30 bits per heavy atom.